The summed E-state index contributed by atoms with van der Waals surface area (Å²) < 4.78 is 10.7. The van der Waals surface area contributed by atoms with E-state index in [1.807, 2.05) is 38.1 Å². The van der Waals surface area contributed by atoms with E-state index >= 15 is 0 Å². The van der Waals surface area contributed by atoms with Crippen LogP contribution in [-0.4, -0.2) is 21.7 Å². The Morgan fingerprint density at radius 3 is 2.80 bits per heavy atom. The minimum atomic E-state index is 0.275. The van der Waals surface area contributed by atoms with Gasteiger partial charge in [-0.1, -0.05) is 31.1 Å². The van der Waals surface area contributed by atoms with Crippen LogP contribution in [0.1, 0.15) is 31.5 Å². The van der Waals surface area contributed by atoms with Gasteiger partial charge in [0, 0.05) is 18.9 Å². The molecule has 0 aliphatic rings. The molecular formula is C14H16N4O2. The van der Waals surface area contributed by atoms with E-state index in [1.165, 1.54) is 0 Å². The van der Waals surface area contributed by atoms with Crippen LogP contribution in [0.5, 0.6) is 0 Å². The van der Waals surface area contributed by atoms with Gasteiger partial charge in [0.15, 0.2) is 11.4 Å². The molecule has 2 heterocycles. The lowest BCUT2D eigenvalue weighted by Crippen LogP contribution is -2.05. The van der Waals surface area contributed by atoms with E-state index in [0.717, 1.165) is 16.9 Å². The summed E-state index contributed by atoms with van der Waals surface area (Å²) in [6.07, 6.45) is 0.637. The van der Waals surface area contributed by atoms with Gasteiger partial charge in [0.2, 0.25) is 5.89 Å². The summed E-state index contributed by atoms with van der Waals surface area (Å²) in [6, 6.07) is 8.16. The maximum Gasteiger partial charge on any atom is 0.295 e. The van der Waals surface area contributed by atoms with Gasteiger partial charge in [0.1, 0.15) is 5.52 Å². The Kier molecular flexibility index (Phi) is 3.37. The monoisotopic (exact) mass is 272 g/mol. The Labute approximate surface area is 116 Å². The van der Waals surface area contributed by atoms with Gasteiger partial charge in [0.25, 0.3) is 6.01 Å². The second-order valence-corrected chi connectivity index (χ2v) is 4.86. The van der Waals surface area contributed by atoms with Crippen molar-refractivity contribution in [2.45, 2.75) is 26.2 Å². The highest BCUT2D eigenvalue weighted by Gasteiger charge is 2.10. The van der Waals surface area contributed by atoms with E-state index < -0.39 is 0 Å². The van der Waals surface area contributed by atoms with E-state index in [1.54, 1.807) is 0 Å². The first-order valence-electron chi connectivity index (χ1n) is 6.64. The molecular weight excluding hydrogens is 256 g/mol. The van der Waals surface area contributed by atoms with Crippen molar-refractivity contribution in [1.29, 1.82) is 0 Å². The average Bonchev–Trinajstić information content (AvgIpc) is 3.04. The third-order valence-electron chi connectivity index (χ3n) is 2.91. The normalized spacial score (nSPS) is 11.3. The first-order valence-corrected chi connectivity index (χ1v) is 6.64. The standard InChI is InChI=1S/C14H16N4O2/c1-9(2)13-17-12(20-18-13)7-8-15-14-16-10-5-3-4-6-11(10)19-14/h3-6,9H,7-8H2,1-2H3,(H,15,16). The lowest BCUT2D eigenvalue weighted by atomic mass is 10.2. The van der Waals surface area contributed by atoms with Crippen LogP contribution in [0.2, 0.25) is 0 Å². The summed E-state index contributed by atoms with van der Waals surface area (Å²) in [6.45, 7) is 4.70. The molecule has 0 saturated heterocycles. The molecule has 6 nitrogen and oxygen atoms in total. The molecule has 0 radical (unpaired) electrons. The quantitative estimate of drug-likeness (QED) is 0.769. The molecule has 0 bridgehead atoms. The summed E-state index contributed by atoms with van der Waals surface area (Å²) in [5, 5.41) is 7.04. The smallest absolute Gasteiger partial charge is 0.295 e. The SMILES string of the molecule is CC(C)c1noc(CCNc2nc3ccccc3o2)n1. The molecule has 0 amide bonds. The third kappa shape index (κ3) is 2.64. The van der Waals surface area contributed by atoms with E-state index in [0.29, 0.717) is 24.9 Å². The second-order valence-electron chi connectivity index (χ2n) is 4.86. The Bertz CT molecular complexity index is 669. The van der Waals surface area contributed by atoms with Crippen molar-refractivity contribution < 1.29 is 8.94 Å². The number of oxazole rings is 1. The number of fused-ring (bicyclic) bond motifs is 1. The summed E-state index contributed by atoms with van der Waals surface area (Å²) in [4.78, 5) is 8.65. The Hall–Kier alpha value is -2.37. The van der Waals surface area contributed by atoms with Crippen LogP contribution >= 0.6 is 0 Å². The van der Waals surface area contributed by atoms with E-state index in [2.05, 4.69) is 20.4 Å². The topological polar surface area (TPSA) is 77.0 Å². The molecule has 20 heavy (non-hydrogen) atoms. The number of para-hydroxylation sites is 2. The maximum absolute atomic E-state index is 5.56. The highest BCUT2D eigenvalue weighted by atomic mass is 16.5. The fourth-order valence-corrected chi connectivity index (χ4v) is 1.83. The number of nitrogens with zero attached hydrogens (tertiary/aromatic N) is 3. The zero-order valence-corrected chi connectivity index (χ0v) is 11.5. The number of nitrogens with one attached hydrogen (secondary N) is 1. The predicted molar refractivity (Wildman–Crippen MR) is 74.6 cm³/mol. The predicted octanol–water partition coefficient (Wildman–Crippen LogP) is 2.99. The largest absolute Gasteiger partial charge is 0.424 e. The second kappa shape index (κ2) is 5.32. The van der Waals surface area contributed by atoms with Crippen LogP contribution in [0.4, 0.5) is 6.01 Å². The van der Waals surface area contributed by atoms with Crippen LogP contribution in [0.25, 0.3) is 11.1 Å². The molecule has 2 aromatic heterocycles. The number of hydrogen-bond acceptors (Lipinski definition) is 6. The van der Waals surface area contributed by atoms with Gasteiger partial charge in [-0.25, -0.2) is 0 Å². The van der Waals surface area contributed by atoms with E-state index in [9.17, 15) is 0 Å². The van der Waals surface area contributed by atoms with Crippen LogP contribution in [0.15, 0.2) is 33.2 Å². The summed E-state index contributed by atoms with van der Waals surface area (Å²) in [5.74, 6) is 1.64. The number of rotatable bonds is 5. The number of benzene rings is 1. The minimum Gasteiger partial charge on any atom is -0.424 e. The molecule has 3 aromatic rings. The first kappa shape index (κ1) is 12.7. The van der Waals surface area contributed by atoms with Crippen molar-refractivity contribution in [1.82, 2.24) is 15.1 Å². The summed E-state index contributed by atoms with van der Waals surface area (Å²) in [7, 11) is 0. The molecule has 3 rings (SSSR count). The van der Waals surface area contributed by atoms with Crippen molar-refractivity contribution in [3.8, 4) is 0 Å². The van der Waals surface area contributed by atoms with Gasteiger partial charge >= 0.3 is 0 Å². The van der Waals surface area contributed by atoms with Crippen LogP contribution < -0.4 is 5.32 Å². The molecule has 1 aromatic carbocycles. The molecule has 0 spiro atoms. The molecule has 0 aliphatic heterocycles. The number of anilines is 1. The van der Waals surface area contributed by atoms with Gasteiger partial charge in [-0.3, -0.25) is 0 Å². The van der Waals surface area contributed by atoms with E-state index in [-0.39, 0.29) is 5.92 Å². The van der Waals surface area contributed by atoms with Crippen LogP contribution in [-0.2, 0) is 6.42 Å². The Morgan fingerprint density at radius 1 is 1.20 bits per heavy atom. The summed E-state index contributed by atoms with van der Waals surface area (Å²) in [5.41, 5.74) is 1.62. The van der Waals surface area contributed by atoms with E-state index in [4.69, 9.17) is 8.94 Å². The fraction of sp³-hybridized carbons (Fsp3) is 0.357. The molecule has 0 aliphatic carbocycles. The molecule has 104 valence electrons. The lowest BCUT2D eigenvalue weighted by molar-refractivity contribution is 0.373. The van der Waals surface area contributed by atoms with Crippen molar-refractivity contribution >= 4 is 17.1 Å². The van der Waals surface area contributed by atoms with Gasteiger partial charge in [-0.05, 0) is 12.1 Å². The highest BCUT2D eigenvalue weighted by Crippen LogP contribution is 2.18. The Balaban J connectivity index is 1.59. The molecule has 0 fully saturated rings. The lowest BCUT2D eigenvalue weighted by Gasteiger charge is -1.97. The maximum atomic E-state index is 5.56. The fourth-order valence-electron chi connectivity index (χ4n) is 1.83. The van der Waals surface area contributed by atoms with Gasteiger partial charge < -0.3 is 14.3 Å². The zero-order valence-electron chi connectivity index (χ0n) is 11.5. The van der Waals surface area contributed by atoms with Crippen LogP contribution in [0.3, 0.4) is 0 Å². The molecule has 0 unspecified atom stereocenters. The van der Waals surface area contributed by atoms with Gasteiger partial charge in [0.05, 0.1) is 0 Å². The van der Waals surface area contributed by atoms with Crippen molar-refractivity contribution in [2.75, 3.05) is 11.9 Å². The van der Waals surface area contributed by atoms with Crippen LogP contribution in [0, 0.1) is 0 Å². The number of hydrogen-bond donors (Lipinski definition) is 1. The number of aromatic nitrogens is 3. The van der Waals surface area contributed by atoms with Gasteiger partial charge in [-0.2, -0.15) is 9.97 Å². The highest BCUT2D eigenvalue weighted by molar-refractivity contribution is 5.74. The summed E-state index contributed by atoms with van der Waals surface area (Å²) >= 11 is 0. The van der Waals surface area contributed by atoms with Crippen molar-refractivity contribution in [2.24, 2.45) is 0 Å². The van der Waals surface area contributed by atoms with Crippen molar-refractivity contribution in [3.05, 3.63) is 36.0 Å². The minimum absolute atomic E-state index is 0.275. The molecule has 1 N–H and O–H groups in total. The molecule has 6 heteroatoms. The average molecular weight is 272 g/mol. The zero-order chi connectivity index (χ0) is 13.9. The molecule has 0 saturated carbocycles. The third-order valence-corrected chi connectivity index (χ3v) is 2.91. The van der Waals surface area contributed by atoms with Crippen molar-refractivity contribution in [3.63, 3.8) is 0 Å². The van der Waals surface area contributed by atoms with Gasteiger partial charge in [-0.15, -0.1) is 0 Å². The Morgan fingerprint density at radius 2 is 2.05 bits per heavy atom. The first-order chi connectivity index (χ1) is 9.72. The molecule has 0 atom stereocenters.